The Hall–Kier alpha value is -3.20. The lowest BCUT2D eigenvalue weighted by atomic mass is 10.1. The largest absolute Gasteiger partial charge is 0.346 e. The highest BCUT2D eigenvalue weighted by Gasteiger charge is 2.20. The minimum absolute atomic E-state index is 0.252. The number of nitrogens with one attached hydrogen (secondary N) is 1. The molecule has 9 nitrogen and oxygen atoms in total. The molecule has 0 radical (unpaired) electrons. The number of amides is 1. The lowest BCUT2D eigenvalue weighted by Crippen LogP contribution is -2.25. The van der Waals surface area contributed by atoms with E-state index >= 15 is 0 Å². The Bertz CT molecular complexity index is 1170. The molecule has 0 aromatic carbocycles. The number of rotatable bonds is 5. The van der Waals surface area contributed by atoms with Crippen LogP contribution in [0, 0.1) is 6.92 Å². The summed E-state index contributed by atoms with van der Waals surface area (Å²) in [6.07, 6.45) is 5.07. The predicted molar refractivity (Wildman–Crippen MR) is 103 cm³/mol. The minimum Gasteiger partial charge on any atom is -0.346 e. The number of aromatic nitrogens is 6. The number of nitrogens with zero attached hydrogens (tertiary/aromatic N) is 6. The van der Waals surface area contributed by atoms with E-state index in [1.807, 2.05) is 20.2 Å². The van der Waals surface area contributed by atoms with E-state index in [2.05, 4.69) is 25.7 Å². The fraction of sp³-hybridized carbons (Fsp3) is 0.278. The normalized spacial score (nSPS) is 11.3. The van der Waals surface area contributed by atoms with Crippen LogP contribution in [0.1, 0.15) is 28.7 Å². The molecule has 4 rings (SSSR count). The van der Waals surface area contributed by atoms with E-state index in [1.54, 1.807) is 34.7 Å². The van der Waals surface area contributed by atoms with Crippen LogP contribution in [-0.2, 0) is 20.1 Å². The number of hydrogen-bond donors (Lipinski definition) is 1. The molecule has 1 N–H and O–H groups in total. The summed E-state index contributed by atoms with van der Waals surface area (Å²) < 4.78 is 8.72. The number of carbonyl (C=O) groups is 1. The molecule has 1 amide bonds. The Labute approximate surface area is 165 Å². The van der Waals surface area contributed by atoms with Gasteiger partial charge in [0, 0.05) is 25.4 Å². The van der Waals surface area contributed by atoms with Gasteiger partial charge in [0.2, 0.25) is 0 Å². The van der Waals surface area contributed by atoms with Crippen molar-refractivity contribution in [2.75, 3.05) is 0 Å². The monoisotopic (exact) mass is 399 g/mol. The Morgan fingerprint density at radius 2 is 2.14 bits per heavy atom. The highest BCUT2D eigenvalue weighted by Crippen LogP contribution is 2.27. The molecule has 144 valence electrons. The van der Waals surface area contributed by atoms with Crippen LogP contribution in [0.5, 0.6) is 0 Å². The van der Waals surface area contributed by atoms with E-state index in [4.69, 9.17) is 16.1 Å². The van der Waals surface area contributed by atoms with Crippen molar-refractivity contribution in [2.24, 2.45) is 7.05 Å². The molecule has 10 heteroatoms. The van der Waals surface area contributed by atoms with Crippen LogP contribution in [0.25, 0.3) is 22.4 Å². The summed E-state index contributed by atoms with van der Waals surface area (Å²) in [6.45, 7) is 4.65. The molecule has 4 aromatic heterocycles. The summed E-state index contributed by atoms with van der Waals surface area (Å²) >= 11 is 6.18. The summed E-state index contributed by atoms with van der Waals surface area (Å²) in [5.74, 6) is -0.274. The van der Waals surface area contributed by atoms with Crippen LogP contribution in [0.2, 0.25) is 5.02 Å². The molecule has 0 aliphatic heterocycles. The van der Waals surface area contributed by atoms with Gasteiger partial charge >= 0.3 is 0 Å². The van der Waals surface area contributed by atoms with Crippen LogP contribution in [0.4, 0.5) is 0 Å². The number of halogens is 1. The number of aryl methyl sites for hydroxylation is 3. The maximum atomic E-state index is 13.0. The number of pyridine rings is 1. The molecule has 4 aromatic rings. The van der Waals surface area contributed by atoms with Crippen LogP contribution in [-0.4, -0.2) is 35.6 Å². The summed E-state index contributed by atoms with van der Waals surface area (Å²) in [5, 5.41) is 16.3. The highest BCUT2D eigenvalue weighted by molar-refractivity contribution is 6.31. The van der Waals surface area contributed by atoms with Crippen molar-refractivity contribution in [2.45, 2.75) is 26.9 Å². The Balaban J connectivity index is 1.71. The third-order valence-corrected chi connectivity index (χ3v) is 4.79. The molecular weight excluding hydrogens is 382 g/mol. The van der Waals surface area contributed by atoms with E-state index in [1.165, 1.54) is 0 Å². The first-order valence-electron chi connectivity index (χ1n) is 8.72. The maximum Gasteiger partial charge on any atom is 0.259 e. The Morgan fingerprint density at radius 3 is 2.86 bits per heavy atom. The van der Waals surface area contributed by atoms with Crippen molar-refractivity contribution in [3.63, 3.8) is 0 Å². The average Bonchev–Trinajstić information content (AvgIpc) is 3.38. The predicted octanol–water partition coefficient (Wildman–Crippen LogP) is 2.73. The van der Waals surface area contributed by atoms with E-state index in [0.29, 0.717) is 39.6 Å². The summed E-state index contributed by atoms with van der Waals surface area (Å²) in [7, 11) is 1.81. The fourth-order valence-corrected chi connectivity index (χ4v) is 3.28. The molecule has 0 atom stereocenters. The SMILES string of the molecule is CCn1ncc(Cl)c1CNC(=O)c1cc(-c2cnn(C)c2)nc2onc(C)c12. The first-order chi connectivity index (χ1) is 13.5. The van der Waals surface area contributed by atoms with Crippen LogP contribution >= 0.6 is 11.6 Å². The molecule has 28 heavy (non-hydrogen) atoms. The lowest BCUT2D eigenvalue weighted by molar-refractivity contribution is 0.0951. The van der Waals surface area contributed by atoms with Crippen molar-refractivity contribution < 1.29 is 9.32 Å². The first kappa shape index (κ1) is 18.2. The van der Waals surface area contributed by atoms with Gasteiger partial charge in [-0.05, 0) is 19.9 Å². The summed E-state index contributed by atoms with van der Waals surface area (Å²) in [5.41, 5.74) is 3.44. The third kappa shape index (κ3) is 3.13. The van der Waals surface area contributed by atoms with E-state index in [0.717, 1.165) is 11.3 Å². The van der Waals surface area contributed by atoms with E-state index < -0.39 is 0 Å². The van der Waals surface area contributed by atoms with Crippen LogP contribution < -0.4 is 5.32 Å². The van der Waals surface area contributed by atoms with Crippen LogP contribution in [0.3, 0.4) is 0 Å². The molecular formula is C18H18ClN7O2. The number of carbonyl (C=O) groups excluding carboxylic acids is 1. The van der Waals surface area contributed by atoms with Gasteiger partial charge in [0.1, 0.15) is 0 Å². The molecule has 0 bridgehead atoms. The summed E-state index contributed by atoms with van der Waals surface area (Å²) in [4.78, 5) is 17.5. The van der Waals surface area contributed by atoms with Gasteiger partial charge < -0.3 is 9.84 Å². The molecule has 0 fully saturated rings. The quantitative estimate of drug-likeness (QED) is 0.553. The lowest BCUT2D eigenvalue weighted by Gasteiger charge is -2.09. The van der Waals surface area contributed by atoms with Crippen molar-refractivity contribution in [1.82, 2.24) is 35.0 Å². The van der Waals surface area contributed by atoms with Gasteiger partial charge in [-0.2, -0.15) is 10.2 Å². The van der Waals surface area contributed by atoms with Gasteiger partial charge in [-0.15, -0.1) is 0 Å². The van der Waals surface area contributed by atoms with Crippen molar-refractivity contribution >= 4 is 28.6 Å². The van der Waals surface area contributed by atoms with Gasteiger partial charge in [0.25, 0.3) is 11.6 Å². The minimum atomic E-state index is -0.274. The molecule has 0 saturated heterocycles. The number of hydrogen-bond acceptors (Lipinski definition) is 6. The second kappa shape index (κ2) is 7.08. The molecule has 0 saturated carbocycles. The molecule has 0 aliphatic rings. The topological polar surface area (TPSA) is 104 Å². The van der Waals surface area contributed by atoms with Crippen molar-refractivity contribution in [3.05, 3.63) is 46.6 Å². The fourth-order valence-electron chi connectivity index (χ4n) is 3.07. The zero-order valence-corrected chi connectivity index (χ0v) is 16.4. The molecule has 0 spiro atoms. The standard InChI is InChI=1S/C18H18ClN7O2/c1-4-26-15(13(19)7-22-26)8-20-17(27)12-5-14(11-6-21-25(3)9-11)23-18-16(12)10(2)24-28-18/h5-7,9H,4,8H2,1-3H3,(H,20,27). The van der Waals surface area contributed by atoms with Crippen LogP contribution in [0.15, 0.2) is 29.2 Å². The number of fused-ring (bicyclic) bond motifs is 1. The second-order valence-corrected chi connectivity index (χ2v) is 6.75. The van der Waals surface area contributed by atoms with Gasteiger partial charge in [-0.25, -0.2) is 4.98 Å². The third-order valence-electron chi connectivity index (χ3n) is 4.48. The second-order valence-electron chi connectivity index (χ2n) is 6.34. The van der Waals surface area contributed by atoms with E-state index in [-0.39, 0.29) is 12.5 Å². The molecule has 4 heterocycles. The van der Waals surface area contributed by atoms with Crippen molar-refractivity contribution in [3.8, 4) is 11.3 Å². The van der Waals surface area contributed by atoms with Crippen molar-refractivity contribution in [1.29, 1.82) is 0 Å². The van der Waals surface area contributed by atoms with Gasteiger partial charge in [0.05, 0.1) is 52.0 Å². The zero-order chi connectivity index (χ0) is 19.8. The highest BCUT2D eigenvalue weighted by atomic mass is 35.5. The Kier molecular flexibility index (Phi) is 4.60. The van der Waals surface area contributed by atoms with E-state index in [9.17, 15) is 4.79 Å². The van der Waals surface area contributed by atoms with Gasteiger partial charge in [-0.1, -0.05) is 16.8 Å². The molecule has 0 unspecified atom stereocenters. The molecule has 0 aliphatic carbocycles. The zero-order valence-electron chi connectivity index (χ0n) is 15.6. The maximum absolute atomic E-state index is 13.0. The Morgan fingerprint density at radius 1 is 1.32 bits per heavy atom. The average molecular weight is 400 g/mol. The smallest absolute Gasteiger partial charge is 0.259 e. The first-order valence-corrected chi connectivity index (χ1v) is 9.10. The van der Waals surface area contributed by atoms with Gasteiger partial charge in [0.15, 0.2) is 0 Å². The summed E-state index contributed by atoms with van der Waals surface area (Å²) in [6, 6.07) is 1.72. The van der Waals surface area contributed by atoms with Gasteiger partial charge in [-0.3, -0.25) is 14.2 Å².